The second-order valence-electron chi connectivity index (χ2n) is 23.2. The van der Waals surface area contributed by atoms with E-state index in [-0.39, 0.29) is 40.3 Å². The molecule has 0 aliphatic heterocycles. The summed E-state index contributed by atoms with van der Waals surface area (Å²) < 4.78 is 31.2. The number of allylic oxidation sites excluding steroid dienone is 2. The second kappa shape index (κ2) is 35.2. The Morgan fingerprint density at radius 2 is 0.925 bits per heavy atom. The number of hydrogen-bond acceptors (Lipinski definition) is 9. The lowest BCUT2D eigenvalue weighted by Crippen LogP contribution is -2.50. The van der Waals surface area contributed by atoms with Gasteiger partial charge in [0.25, 0.3) is 0 Å². The van der Waals surface area contributed by atoms with Crippen LogP contribution in [0.25, 0.3) is 0 Å². The van der Waals surface area contributed by atoms with Gasteiger partial charge >= 0.3 is 18.0 Å². The van der Waals surface area contributed by atoms with E-state index in [1.54, 1.807) is 4.90 Å². The molecule has 0 saturated carbocycles. The van der Waals surface area contributed by atoms with E-state index in [1.165, 1.54) is 51.4 Å². The number of esters is 2. The van der Waals surface area contributed by atoms with Crippen molar-refractivity contribution in [1.82, 2.24) is 9.80 Å². The van der Waals surface area contributed by atoms with Crippen molar-refractivity contribution in [2.45, 2.75) is 265 Å². The van der Waals surface area contributed by atoms with Crippen LogP contribution in [0.1, 0.15) is 211 Å². The molecule has 0 bridgehead atoms. The predicted molar refractivity (Wildman–Crippen MR) is 288 cm³/mol. The molecular formula is C55H108N2O8Si2. The van der Waals surface area contributed by atoms with Crippen molar-refractivity contribution in [3.05, 3.63) is 24.3 Å². The fraction of sp³-hybridized carbons (Fsp3) is 0.873. The van der Waals surface area contributed by atoms with Crippen LogP contribution in [0.5, 0.6) is 0 Å². The van der Waals surface area contributed by atoms with E-state index in [0.717, 1.165) is 90.3 Å². The van der Waals surface area contributed by atoms with Gasteiger partial charge in [0.2, 0.25) is 0 Å². The van der Waals surface area contributed by atoms with E-state index in [4.69, 9.17) is 23.1 Å². The van der Waals surface area contributed by atoms with E-state index in [2.05, 4.69) is 98.6 Å². The molecule has 12 heteroatoms. The molecule has 2 unspecified atom stereocenters. The molecule has 0 saturated heterocycles. The van der Waals surface area contributed by atoms with Gasteiger partial charge in [-0.2, -0.15) is 0 Å². The van der Waals surface area contributed by atoms with Crippen LogP contribution in [-0.2, 0) is 32.7 Å². The van der Waals surface area contributed by atoms with Crippen LogP contribution in [0.4, 0.5) is 4.79 Å². The summed E-state index contributed by atoms with van der Waals surface area (Å²) in [4.78, 5) is 42.3. The SMILES string of the molecule is CCCCCC/C=C\COC(=O)CCCCCC(CN(CCCN(C)C(=O)OC(C)(C)C)CC(CCCCCC(=O)OC/C=C\CCCCCC)O[Si](C)(C)C(C)(C)C)O[Si](C)(C)C(C)(C)C. The van der Waals surface area contributed by atoms with Crippen LogP contribution in [0.3, 0.4) is 0 Å². The number of carbonyl (C=O) groups excluding carboxylic acids is 3. The molecule has 0 aliphatic rings. The number of unbranched alkanes of at least 4 members (excludes halogenated alkanes) is 12. The molecule has 67 heavy (non-hydrogen) atoms. The first kappa shape index (κ1) is 65.0. The highest BCUT2D eigenvalue weighted by molar-refractivity contribution is 6.74. The largest absolute Gasteiger partial charge is 0.461 e. The molecule has 0 aromatic heterocycles. The summed E-state index contributed by atoms with van der Waals surface area (Å²) in [6.45, 7) is 36.8. The Morgan fingerprint density at radius 1 is 0.522 bits per heavy atom. The number of ether oxygens (including phenoxy) is 3. The molecule has 0 N–H and O–H groups in total. The highest BCUT2D eigenvalue weighted by atomic mass is 28.4. The monoisotopic (exact) mass is 981 g/mol. The Hall–Kier alpha value is -2.00. The van der Waals surface area contributed by atoms with Crippen molar-refractivity contribution in [2.75, 3.05) is 46.4 Å². The maximum absolute atomic E-state index is 13.0. The van der Waals surface area contributed by atoms with E-state index < -0.39 is 22.2 Å². The first-order valence-electron chi connectivity index (χ1n) is 26.9. The van der Waals surface area contributed by atoms with E-state index in [0.29, 0.717) is 32.6 Å². The van der Waals surface area contributed by atoms with Gasteiger partial charge in [0.05, 0.1) is 12.2 Å². The van der Waals surface area contributed by atoms with E-state index in [1.807, 2.05) is 40.0 Å². The molecule has 0 radical (unpaired) electrons. The standard InChI is InChI=1S/C55H108N2O8Si2/c1-17-19-21-23-25-27-35-44-61-50(58)40-33-29-31-38-48(64-66(13,14)54(6,7)8)46-57(43-37-42-56(12)52(60)63-53(3,4)5)47-49(65-67(15,16)55(9,10)11)39-32-30-34-41-51(59)62-45-36-28-26-24-22-20-18-2/h27-28,35-36,48-49H,17-26,29-34,37-47H2,1-16H3/b35-27-,36-28-. The third-order valence-corrected chi connectivity index (χ3v) is 22.5. The number of rotatable bonds is 38. The fourth-order valence-corrected chi connectivity index (χ4v) is 9.93. The number of amides is 1. The van der Waals surface area contributed by atoms with Gasteiger partial charge in [-0.1, -0.05) is 144 Å². The van der Waals surface area contributed by atoms with E-state index >= 15 is 0 Å². The zero-order valence-corrected chi connectivity index (χ0v) is 48.7. The molecular weight excluding hydrogens is 873 g/mol. The zero-order chi connectivity index (χ0) is 51.0. The van der Waals surface area contributed by atoms with Gasteiger partial charge in [-0.15, -0.1) is 0 Å². The molecule has 0 aliphatic carbocycles. The lowest BCUT2D eigenvalue weighted by Gasteiger charge is -2.43. The molecule has 0 spiro atoms. The van der Waals surface area contributed by atoms with Gasteiger partial charge in [0, 0.05) is 46.1 Å². The molecule has 0 rings (SSSR count). The Kier molecular flexibility index (Phi) is 34.1. The van der Waals surface area contributed by atoms with Crippen molar-refractivity contribution in [3.63, 3.8) is 0 Å². The van der Waals surface area contributed by atoms with Crippen LogP contribution in [0, 0.1) is 0 Å². The average Bonchev–Trinajstić information content (AvgIpc) is 3.20. The minimum Gasteiger partial charge on any atom is -0.461 e. The first-order valence-corrected chi connectivity index (χ1v) is 32.7. The summed E-state index contributed by atoms with van der Waals surface area (Å²) >= 11 is 0. The summed E-state index contributed by atoms with van der Waals surface area (Å²) in [6, 6.07) is 0. The summed E-state index contributed by atoms with van der Waals surface area (Å²) in [5, 5.41) is 0.0931. The van der Waals surface area contributed by atoms with Crippen LogP contribution in [0.15, 0.2) is 24.3 Å². The third kappa shape index (κ3) is 34.1. The number of carbonyl (C=O) groups is 3. The predicted octanol–water partition coefficient (Wildman–Crippen LogP) is 15.4. The summed E-state index contributed by atoms with van der Waals surface area (Å²) in [5.41, 5.74) is -0.560. The lowest BCUT2D eigenvalue weighted by atomic mass is 10.1. The van der Waals surface area contributed by atoms with E-state index in [9.17, 15) is 14.4 Å². The number of hydrogen-bond donors (Lipinski definition) is 0. The summed E-state index contributed by atoms with van der Waals surface area (Å²) in [5.74, 6) is -0.257. The van der Waals surface area contributed by atoms with Crippen molar-refractivity contribution >= 4 is 34.7 Å². The molecule has 0 fully saturated rings. The van der Waals surface area contributed by atoms with Crippen LogP contribution >= 0.6 is 0 Å². The fourth-order valence-electron chi connectivity index (χ4n) is 7.17. The molecule has 0 aromatic rings. The minimum absolute atomic E-state index is 0.00864. The summed E-state index contributed by atoms with van der Waals surface area (Å²) in [7, 11) is -2.47. The van der Waals surface area contributed by atoms with Gasteiger partial charge in [-0.05, 0) is 115 Å². The van der Waals surface area contributed by atoms with Gasteiger partial charge < -0.3 is 28.0 Å². The lowest BCUT2D eigenvalue weighted by molar-refractivity contribution is -0.143. The van der Waals surface area contributed by atoms with Crippen molar-refractivity contribution in [1.29, 1.82) is 0 Å². The van der Waals surface area contributed by atoms with Crippen molar-refractivity contribution < 1.29 is 37.4 Å². The van der Waals surface area contributed by atoms with Gasteiger partial charge in [-0.3, -0.25) is 14.5 Å². The van der Waals surface area contributed by atoms with Gasteiger partial charge in [0.1, 0.15) is 18.8 Å². The van der Waals surface area contributed by atoms with Crippen LogP contribution in [-0.4, -0.2) is 109 Å². The quantitative estimate of drug-likeness (QED) is 0.0197. The average molecular weight is 982 g/mol. The zero-order valence-electron chi connectivity index (χ0n) is 46.7. The Labute approximate surface area is 416 Å². The molecule has 10 nitrogen and oxygen atoms in total. The molecule has 2 atom stereocenters. The maximum atomic E-state index is 13.0. The van der Waals surface area contributed by atoms with Crippen LogP contribution < -0.4 is 0 Å². The Morgan fingerprint density at radius 3 is 1.30 bits per heavy atom. The van der Waals surface area contributed by atoms with Gasteiger partial charge in [0.15, 0.2) is 16.6 Å². The molecule has 0 aromatic carbocycles. The maximum Gasteiger partial charge on any atom is 0.410 e. The van der Waals surface area contributed by atoms with Crippen LogP contribution in [0.2, 0.25) is 36.3 Å². The Bertz CT molecular complexity index is 1280. The van der Waals surface area contributed by atoms with Crippen molar-refractivity contribution in [2.24, 2.45) is 0 Å². The first-order chi connectivity index (χ1) is 31.2. The third-order valence-electron chi connectivity index (χ3n) is 13.4. The number of nitrogens with zero attached hydrogens (tertiary/aromatic N) is 2. The molecule has 0 heterocycles. The van der Waals surface area contributed by atoms with Gasteiger partial charge in [-0.25, -0.2) is 4.79 Å². The second-order valence-corrected chi connectivity index (χ2v) is 32.7. The highest BCUT2D eigenvalue weighted by Gasteiger charge is 2.41. The topological polar surface area (TPSA) is 104 Å². The molecule has 394 valence electrons. The highest BCUT2D eigenvalue weighted by Crippen LogP contribution is 2.39. The summed E-state index contributed by atoms with van der Waals surface area (Å²) in [6.07, 6.45) is 28.7. The minimum atomic E-state index is -2.14. The Balaban J connectivity index is 6.06. The smallest absolute Gasteiger partial charge is 0.410 e. The normalized spacial score (nSPS) is 14.0. The van der Waals surface area contributed by atoms with Crippen molar-refractivity contribution in [3.8, 4) is 0 Å². The molecule has 1 amide bonds.